The zero-order chi connectivity index (χ0) is 47.5. The Balaban J connectivity index is 0.954. The molecule has 1 fully saturated rings. The number of hydrogen-bond donors (Lipinski definition) is 3. The molecule has 1 aliphatic carbocycles. The summed E-state index contributed by atoms with van der Waals surface area (Å²) in [5.41, 5.74) is 6.17. The number of benzene rings is 5. The number of fused-ring (bicyclic) bond motifs is 2. The Morgan fingerprint density at radius 2 is 1.57 bits per heavy atom. The van der Waals surface area contributed by atoms with Gasteiger partial charge in [-0.2, -0.15) is 9.57 Å². The fraction of sp³-hybridized carbons (Fsp3) is 0.269. The molecule has 348 valence electrons. The number of hydrogen-bond acceptors (Lipinski definition) is 10. The molecule has 0 spiro atoms. The van der Waals surface area contributed by atoms with E-state index in [-0.39, 0.29) is 42.6 Å². The highest BCUT2D eigenvalue weighted by atomic mass is 35.5. The second-order valence-corrected chi connectivity index (χ2v) is 19.9. The number of ether oxygens (including phenoxy) is 3. The Morgan fingerprint density at radius 3 is 2.25 bits per heavy atom. The molecule has 9 rings (SSSR count). The molecule has 3 aliphatic rings. The number of anilines is 1. The third-order valence-electron chi connectivity index (χ3n) is 12.6. The van der Waals surface area contributed by atoms with Crippen LogP contribution in [0.5, 0.6) is 17.2 Å². The zero-order valence-electron chi connectivity index (χ0n) is 37.0. The summed E-state index contributed by atoms with van der Waals surface area (Å²) in [6.45, 7) is 1.90. The molecule has 2 aliphatic heterocycles. The highest BCUT2D eigenvalue weighted by Gasteiger charge is 2.42. The number of carboxylic acids is 1. The van der Waals surface area contributed by atoms with Gasteiger partial charge in [-0.3, -0.25) is 4.79 Å². The van der Waals surface area contributed by atoms with Crippen molar-refractivity contribution in [1.82, 2.24) is 14.6 Å². The number of rotatable bonds is 14. The van der Waals surface area contributed by atoms with E-state index in [1.807, 2.05) is 54.6 Å². The highest BCUT2D eigenvalue weighted by Crippen LogP contribution is 2.42. The smallest absolute Gasteiger partial charge is 0.326 e. The van der Waals surface area contributed by atoms with Crippen molar-refractivity contribution < 1.29 is 37.3 Å². The number of carboxylic acid groups (broad SMARTS) is 1. The Hall–Kier alpha value is -6.63. The average molecular weight is 973 g/mol. The Labute approximate surface area is 404 Å². The van der Waals surface area contributed by atoms with Gasteiger partial charge in [0.15, 0.2) is 17.6 Å². The van der Waals surface area contributed by atoms with Crippen LogP contribution in [0.1, 0.15) is 70.9 Å². The van der Waals surface area contributed by atoms with Crippen molar-refractivity contribution in [2.24, 2.45) is 0 Å². The monoisotopic (exact) mass is 971 g/mol. The summed E-state index contributed by atoms with van der Waals surface area (Å²) in [7, 11) is -4.41. The number of aryl methyl sites for hydroxylation is 1. The van der Waals surface area contributed by atoms with Crippen LogP contribution in [0.15, 0.2) is 120 Å². The van der Waals surface area contributed by atoms with E-state index in [1.165, 1.54) is 6.07 Å². The summed E-state index contributed by atoms with van der Waals surface area (Å²) in [4.78, 5) is 31.8. The van der Waals surface area contributed by atoms with Gasteiger partial charge in [-0.1, -0.05) is 90.6 Å². The number of carbonyl (C=O) groups is 2. The van der Waals surface area contributed by atoms with Crippen LogP contribution in [0.2, 0.25) is 10.0 Å². The zero-order valence-corrected chi connectivity index (χ0v) is 39.3. The number of amides is 1. The molecule has 16 heteroatoms. The van der Waals surface area contributed by atoms with Crippen LogP contribution in [0.4, 0.5) is 5.82 Å². The minimum Gasteiger partial charge on any atom is -0.489 e. The fourth-order valence-electron chi connectivity index (χ4n) is 8.92. The molecular formula is C52H47Cl2N5O8S. The van der Waals surface area contributed by atoms with Gasteiger partial charge in [0.2, 0.25) is 15.9 Å². The number of nitrogens with zero attached hydrogens (tertiary/aromatic N) is 3. The van der Waals surface area contributed by atoms with E-state index in [2.05, 4.69) is 21.7 Å². The van der Waals surface area contributed by atoms with Gasteiger partial charge in [-0.25, -0.2) is 18.2 Å². The van der Waals surface area contributed by atoms with Gasteiger partial charge in [0.05, 0.1) is 27.4 Å². The molecule has 0 radical (unpaired) electrons. The van der Waals surface area contributed by atoms with E-state index in [9.17, 15) is 23.1 Å². The van der Waals surface area contributed by atoms with Crippen molar-refractivity contribution >= 4 is 50.9 Å². The molecular weight excluding hydrogens is 926 g/mol. The largest absolute Gasteiger partial charge is 0.489 e. The molecule has 1 unspecified atom stereocenters. The first kappa shape index (κ1) is 46.5. The van der Waals surface area contributed by atoms with Crippen LogP contribution in [0.25, 0.3) is 11.1 Å². The minimum absolute atomic E-state index is 0.0579. The maximum absolute atomic E-state index is 14.9. The van der Waals surface area contributed by atoms with Crippen molar-refractivity contribution in [2.45, 2.75) is 87.7 Å². The number of carbonyl (C=O) groups excluding carboxylic acids is 1. The highest BCUT2D eigenvalue weighted by molar-refractivity contribution is 7.89. The summed E-state index contributed by atoms with van der Waals surface area (Å²) < 4.78 is 49.6. The molecule has 3 N–H and O–H groups in total. The lowest BCUT2D eigenvalue weighted by Crippen LogP contribution is -2.55. The van der Waals surface area contributed by atoms with Gasteiger partial charge in [0, 0.05) is 19.0 Å². The summed E-state index contributed by atoms with van der Waals surface area (Å²) in [5, 5.41) is 26.6. The first-order valence-electron chi connectivity index (χ1n) is 22.3. The molecule has 13 nitrogen and oxygen atoms in total. The van der Waals surface area contributed by atoms with Crippen LogP contribution in [0, 0.1) is 18.3 Å². The van der Waals surface area contributed by atoms with Crippen molar-refractivity contribution in [3.8, 4) is 34.4 Å². The van der Waals surface area contributed by atoms with Crippen molar-refractivity contribution in [3.63, 3.8) is 0 Å². The lowest BCUT2D eigenvalue weighted by Gasteiger charge is -2.37. The molecule has 3 atom stereocenters. The van der Waals surface area contributed by atoms with Gasteiger partial charge < -0.3 is 30.0 Å². The second-order valence-electron chi connectivity index (χ2n) is 17.3. The number of sulfonamides is 1. The molecule has 6 aromatic rings. The van der Waals surface area contributed by atoms with E-state index < -0.39 is 40.1 Å². The number of pyridine rings is 1. The predicted molar refractivity (Wildman–Crippen MR) is 257 cm³/mol. The van der Waals surface area contributed by atoms with Crippen LogP contribution < -0.4 is 24.8 Å². The maximum atomic E-state index is 14.9. The molecule has 1 aromatic heterocycles. The Kier molecular flexibility index (Phi) is 13.6. The number of nitrogens with one attached hydrogen (secondary N) is 2. The second kappa shape index (κ2) is 19.9. The van der Waals surface area contributed by atoms with Crippen molar-refractivity contribution in [3.05, 3.63) is 164 Å². The van der Waals surface area contributed by atoms with E-state index in [1.54, 1.807) is 61.5 Å². The van der Waals surface area contributed by atoms with Gasteiger partial charge in [-0.05, 0) is 126 Å². The predicted octanol–water partition coefficient (Wildman–Crippen LogP) is 9.61. The third-order valence-corrected chi connectivity index (χ3v) is 15.4. The van der Waals surface area contributed by atoms with Crippen molar-refractivity contribution in [2.75, 3.05) is 11.9 Å². The van der Waals surface area contributed by atoms with Crippen LogP contribution in [-0.4, -0.2) is 59.4 Å². The van der Waals surface area contributed by atoms with E-state index in [0.717, 1.165) is 52.2 Å². The summed E-state index contributed by atoms with van der Waals surface area (Å²) in [6, 6.07) is 33.5. The first-order valence-corrected chi connectivity index (χ1v) is 24.5. The Morgan fingerprint density at radius 1 is 0.882 bits per heavy atom. The Bertz CT molecular complexity index is 3010. The van der Waals surface area contributed by atoms with Gasteiger partial charge in [0.1, 0.15) is 41.8 Å². The standard InChI is InChI=1S/C52H47Cl2N5O8S/c1-31-49(20-21-50(56-31)57-40-4-2-3-5-40)68(63,64)59-28-39-26-47-46(66-30-48(67-47)37-15-17-41(18-16-37)65-29-34-10-19-42(53)43(54)22-34)25-38(39)24-45(59)51(60)58-44(52(61)62)23-32-6-11-35(12-7-32)36-13-8-33(27-55)9-14-36/h6-22,25-26,40,44-45,48H,2-5,23-24,28-30H2,1H3,(H,56,57)(H,58,60)(H,61,62)/t44?,45-,48+/m0/s1. The van der Waals surface area contributed by atoms with E-state index in [4.69, 9.17) is 42.7 Å². The van der Waals surface area contributed by atoms with Gasteiger partial charge in [-0.15, -0.1) is 0 Å². The lowest BCUT2D eigenvalue weighted by atomic mass is 9.93. The minimum atomic E-state index is -4.41. The molecule has 1 amide bonds. The summed E-state index contributed by atoms with van der Waals surface area (Å²) in [6.07, 6.45) is 3.64. The van der Waals surface area contributed by atoms with E-state index >= 15 is 0 Å². The average Bonchev–Trinajstić information content (AvgIpc) is 3.86. The normalized spacial score (nSPS) is 17.4. The van der Waals surface area contributed by atoms with Crippen LogP contribution >= 0.6 is 23.2 Å². The fourth-order valence-corrected chi connectivity index (χ4v) is 11.0. The number of aromatic nitrogens is 1. The number of halogens is 2. The van der Waals surface area contributed by atoms with Crippen LogP contribution in [0.3, 0.4) is 0 Å². The van der Waals surface area contributed by atoms with Gasteiger partial charge in [0.25, 0.3) is 0 Å². The van der Waals surface area contributed by atoms with Crippen LogP contribution in [-0.2, 0) is 45.6 Å². The molecule has 3 heterocycles. The first-order chi connectivity index (χ1) is 32.8. The molecule has 68 heavy (non-hydrogen) atoms. The van der Waals surface area contributed by atoms with Gasteiger partial charge >= 0.3 is 5.97 Å². The molecule has 1 saturated carbocycles. The third kappa shape index (κ3) is 10.3. The number of aliphatic carboxylic acids is 1. The lowest BCUT2D eigenvalue weighted by molar-refractivity contribution is -0.142. The SMILES string of the molecule is Cc1nc(NC2CCCC2)ccc1S(=O)(=O)N1Cc2cc3c(cc2C[C@H]1C(=O)NC(Cc1ccc(-c2ccc(C#N)cc2)cc1)C(=O)O)OC[C@H](c1ccc(OCc2ccc(Cl)c(Cl)c2)cc1)O3. The number of nitriles is 1. The molecule has 5 aromatic carbocycles. The summed E-state index contributed by atoms with van der Waals surface area (Å²) in [5.74, 6) is 0.0347. The topological polar surface area (TPSA) is 180 Å². The maximum Gasteiger partial charge on any atom is 0.326 e. The van der Waals surface area contributed by atoms with Crippen molar-refractivity contribution in [1.29, 1.82) is 5.26 Å². The molecule has 0 bridgehead atoms. The quantitative estimate of drug-likeness (QED) is 0.0946. The summed E-state index contributed by atoms with van der Waals surface area (Å²) >= 11 is 12.2. The van der Waals surface area contributed by atoms with E-state index in [0.29, 0.717) is 62.0 Å². The molecule has 0 saturated heterocycles.